The van der Waals surface area contributed by atoms with Crippen LogP contribution in [-0.2, 0) is 4.74 Å². The van der Waals surface area contributed by atoms with Crippen molar-refractivity contribution in [2.75, 3.05) is 19.8 Å². The van der Waals surface area contributed by atoms with Crippen LogP contribution in [0.25, 0.3) is 0 Å². The van der Waals surface area contributed by atoms with Crippen molar-refractivity contribution in [1.29, 1.82) is 0 Å². The van der Waals surface area contributed by atoms with Gasteiger partial charge in [-0.15, -0.1) is 0 Å². The Morgan fingerprint density at radius 3 is 2.50 bits per heavy atom. The minimum atomic E-state index is -0.596. The van der Waals surface area contributed by atoms with Gasteiger partial charge in [0.05, 0.1) is 5.60 Å². The number of rotatable bonds is 5. The van der Waals surface area contributed by atoms with Crippen LogP contribution in [0, 0.1) is 5.92 Å². The second-order valence-electron chi connectivity index (χ2n) is 6.08. The highest BCUT2D eigenvalue weighted by Crippen LogP contribution is 2.41. The van der Waals surface area contributed by atoms with Crippen LogP contribution in [0.2, 0.25) is 0 Å². The standard InChI is InChI=1S/C16H22BrNO2/c17-14-5-3-13(4-6-14)15(12-1-2-12)18-11-16(19)7-9-20-10-8-16/h3-6,12,15,18-19H,1-2,7-11H2. The highest BCUT2D eigenvalue weighted by molar-refractivity contribution is 9.10. The van der Waals surface area contributed by atoms with Gasteiger partial charge in [-0.2, -0.15) is 0 Å². The van der Waals surface area contributed by atoms with Gasteiger partial charge in [-0.05, 0) is 36.5 Å². The van der Waals surface area contributed by atoms with E-state index in [1.54, 1.807) is 0 Å². The molecule has 1 aliphatic heterocycles. The molecule has 0 aromatic heterocycles. The first-order valence-corrected chi connectivity index (χ1v) is 8.25. The molecule has 1 unspecified atom stereocenters. The van der Waals surface area contributed by atoms with Crippen LogP contribution in [0.1, 0.15) is 37.3 Å². The maximum absolute atomic E-state index is 10.6. The first-order chi connectivity index (χ1) is 9.66. The third-order valence-corrected chi connectivity index (χ3v) is 4.93. The highest BCUT2D eigenvalue weighted by Gasteiger charge is 2.35. The molecule has 2 N–H and O–H groups in total. The van der Waals surface area contributed by atoms with Crippen LogP contribution in [-0.4, -0.2) is 30.5 Å². The molecular weight excluding hydrogens is 318 g/mol. The Morgan fingerprint density at radius 2 is 1.90 bits per heavy atom. The first kappa shape index (κ1) is 14.5. The highest BCUT2D eigenvalue weighted by atomic mass is 79.9. The normalized spacial score (nSPS) is 23.5. The minimum absolute atomic E-state index is 0.370. The number of hydrogen-bond acceptors (Lipinski definition) is 3. The smallest absolute Gasteiger partial charge is 0.0815 e. The van der Waals surface area contributed by atoms with Crippen molar-refractivity contribution < 1.29 is 9.84 Å². The second-order valence-corrected chi connectivity index (χ2v) is 7.00. The lowest BCUT2D eigenvalue weighted by Crippen LogP contribution is -2.46. The van der Waals surface area contributed by atoms with Crippen molar-refractivity contribution in [3.8, 4) is 0 Å². The fourth-order valence-corrected chi connectivity index (χ4v) is 3.15. The zero-order valence-electron chi connectivity index (χ0n) is 11.6. The summed E-state index contributed by atoms with van der Waals surface area (Å²) in [5.41, 5.74) is 0.729. The summed E-state index contributed by atoms with van der Waals surface area (Å²) in [7, 11) is 0. The Morgan fingerprint density at radius 1 is 1.25 bits per heavy atom. The zero-order chi connectivity index (χ0) is 14.0. The third kappa shape index (κ3) is 3.61. The zero-order valence-corrected chi connectivity index (χ0v) is 13.2. The molecule has 3 rings (SSSR count). The van der Waals surface area contributed by atoms with Gasteiger partial charge in [-0.1, -0.05) is 28.1 Å². The quantitative estimate of drug-likeness (QED) is 0.866. The topological polar surface area (TPSA) is 41.5 Å². The molecule has 2 fully saturated rings. The molecule has 1 saturated carbocycles. The summed E-state index contributed by atoms with van der Waals surface area (Å²) in [6.07, 6.45) is 4.04. The summed E-state index contributed by atoms with van der Waals surface area (Å²) in [5.74, 6) is 0.722. The molecule has 0 bridgehead atoms. The van der Waals surface area contributed by atoms with Gasteiger partial charge in [0.15, 0.2) is 0 Å². The predicted octanol–water partition coefficient (Wildman–Crippen LogP) is 3.03. The Balaban J connectivity index is 1.64. The Kier molecular flexibility index (Phi) is 4.46. The van der Waals surface area contributed by atoms with Crippen LogP contribution in [0.4, 0.5) is 0 Å². The predicted molar refractivity (Wildman–Crippen MR) is 82.6 cm³/mol. The van der Waals surface area contributed by atoms with Crippen molar-refractivity contribution in [3.05, 3.63) is 34.3 Å². The van der Waals surface area contributed by atoms with Crippen LogP contribution in [0.15, 0.2) is 28.7 Å². The van der Waals surface area contributed by atoms with Crippen LogP contribution in [0.3, 0.4) is 0 Å². The van der Waals surface area contributed by atoms with Crippen molar-refractivity contribution in [2.45, 2.75) is 37.3 Å². The summed E-state index contributed by atoms with van der Waals surface area (Å²) in [5, 5.41) is 14.2. The van der Waals surface area contributed by atoms with Gasteiger partial charge in [-0.3, -0.25) is 0 Å². The van der Waals surface area contributed by atoms with E-state index in [1.807, 2.05) is 0 Å². The molecule has 1 aromatic carbocycles. The summed E-state index contributed by atoms with van der Waals surface area (Å²) in [4.78, 5) is 0. The number of ether oxygens (including phenoxy) is 1. The lowest BCUT2D eigenvalue weighted by atomic mass is 9.93. The second kappa shape index (κ2) is 6.14. The number of nitrogens with one attached hydrogen (secondary N) is 1. The number of hydrogen-bond donors (Lipinski definition) is 2. The molecule has 20 heavy (non-hydrogen) atoms. The molecule has 1 heterocycles. The molecule has 1 aliphatic carbocycles. The van der Waals surface area contributed by atoms with E-state index in [4.69, 9.17) is 4.74 Å². The van der Waals surface area contributed by atoms with Gasteiger partial charge < -0.3 is 15.2 Å². The monoisotopic (exact) mass is 339 g/mol. The number of aliphatic hydroxyl groups is 1. The lowest BCUT2D eigenvalue weighted by Gasteiger charge is -2.34. The summed E-state index contributed by atoms with van der Waals surface area (Å²) >= 11 is 3.48. The van der Waals surface area contributed by atoms with E-state index in [9.17, 15) is 5.11 Å². The molecule has 1 saturated heterocycles. The van der Waals surface area contributed by atoms with Crippen LogP contribution < -0.4 is 5.32 Å². The summed E-state index contributed by atoms with van der Waals surface area (Å²) < 4.78 is 6.45. The molecular formula is C16H22BrNO2. The number of benzene rings is 1. The maximum atomic E-state index is 10.6. The van der Waals surface area contributed by atoms with Crippen molar-refractivity contribution >= 4 is 15.9 Å². The summed E-state index contributed by atoms with van der Waals surface area (Å²) in [6.45, 7) is 2.00. The first-order valence-electron chi connectivity index (χ1n) is 7.45. The SMILES string of the molecule is OC1(CNC(c2ccc(Br)cc2)C2CC2)CCOCC1. The van der Waals surface area contributed by atoms with Crippen molar-refractivity contribution in [1.82, 2.24) is 5.32 Å². The van der Waals surface area contributed by atoms with E-state index in [2.05, 4.69) is 45.5 Å². The molecule has 0 amide bonds. The molecule has 1 atom stereocenters. The maximum Gasteiger partial charge on any atom is 0.0815 e. The van der Waals surface area contributed by atoms with E-state index in [0.29, 0.717) is 25.8 Å². The molecule has 1 aromatic rings. The molecule has 4 heteroatoms. The Bertz CT molecular complexity index is 438. The summed E-state index contributed by atoms with van der Waals surface area (Å²) in [6, 6.07) is 8.91. The lowest BCUT2D eigenvalue weighted by molar-refractivity contribution is -0.0631. The molecule has 2 aliphatic rings. The van der Waals surface area contributed by atoms with E-state index >= 15 is 0 Å². The van der Waals surface area contributed by atoms with E-state index in [0.717, 1.165) is 23.2 Å². The molecule has 0 spiro atoms. The minimum Gasteiger partial charge on any atom is -0.388 e. The molecule has 110 valence electrons. The Labute approximate surface area is 128 Å². The van der Waals surface area contributed by atoms with Gasteiger partial charge >= 0.3 is 0 Å². The van der Waals surface area contributed by atoms with E-state index < -0.39 is 5.60 Å². The van der Waals surface area contributed by atoms with E-state index in [1.165, 1.54) is 18.4 Å². The van der Waals surface area contributed by atoms with Gasteiger partial charge in [0, 0.05) is 43.1 Å². The van der Waals surface area contributed by atoms with Gasteiger partial charge in [0.2, 0.25) is 0 Å². The van der Waals surface area contributed by atoms with Gasteiger partial charge in [-0.25, -0.2) is 0 Å². The Hall–Kier alpha value is -0.420. The fraction of sp³-hybridized carbons (Fsp3) is 0.625. The number of halogens is 1. The van der Waals surface area contributed by atoms with Gasteiger partial charge in [0.25, 0.3) is 0 Å². The van der Waals surface area contributed by atoms with E-state index in [-0.39, 0.29) is 0 Å². The largest absolute Gasteiger partial charge is 0.388 e. The third-order valence-electron chi connectivity index (χ3n) is 4.40. The van der Waals surface area contributed by atoms with Crippen molar-refractivity contribution in [2.24, 2.45) is 5.92 Å². The van der Waals surface area contributed by atoms with Crippen LogP contribution in [0.5, 0.6) is 0 Å². The average molecular weight is 340 g/mol. The fourth-order valence-electron chi connectivity index (χ4n) is 2.88. The molecule has 0 radical (unpaired) electrons. The van der Waals surface area contributed by atoms with Gasteiger partial charge in [0.1, 0.15) is 0 Å². The van der Waals surface area contributed by atoms with Crippen molar-refractivity contribution in [3.63, 3.8) is 0 Å². The van der Waals surface area contributed by atoms with Crippen LogP contribution >= 0.6 is 15.9 Å². The average Bonchev–Trinajstić information content (AvgIpc) is 3.26. The molecule has 3 nitrogen and oxygen atoms in total.